The average Bonchev–Trinajstić information content (AvgIpc) is 2.55. The summed E-state index contributed by atoms with van der Waals surface area (Å²) < 4.78 is 2.22. The first-order chi connectivity index (χ1) is 5.92. The number of imidazole rings is 1. The van der Waals surface area contributed by atoms with Crippen LogP contribution >= 0.6 is 0 Å². The molecule has 0 saturated heterocycles. The molecule has 0 aliphatic heterocycles. The molecular formula is C10H14N2. The van der Waals surface area contributed by atoms with E-state index < -0.39 is 0 Å². The lowest BCUT2D eigenvalue weighted by Crippen LogP contribution is -2.07. The third-order valence-electron chi connectivity index (χ3n) is 3.37. The molecule has 64 valence electrons. The molecule has 1 heterocycles. The Morgan fingerprint density at radius 3 is 2.75 bits per heavy atom. The summed E-state index contributed by atoms with van der Waals surface area (Å²) in [4.78, 5) is 4.06. The van der Waals surface area contributed by atoms with Crippen LogP contribution in [0.1, 0.15) is 19.3 Å². The standard InChI is InChI=1S/C10H14N2/c1-2-12(7-11-1)6-8-3-9-5-10(9)4-8/h1-2,7-10H,3-6H2. The number of hydrogen-bond acceptors (Lipinski definition) is 1. The fourth-order valence-corrected chi connectivity index (χ4v) is 2.68. The van der Waals surface area contributed by atoms with Gasteiger partial charge in [-0.2, -0.15) is 0 Å². The van der Waals surface area contributed by atoms with E-state index in [1.54, 1.807) is 0 Å². The Hall–Kier alpha value is -0.790. The van der Waals surface area contributed by atoms with Gasteiger partial charge in [0.2, 0.25) is 0 Å². The van der Waals surface area contributed by atoms with Gasteiger partial charge >= 0.3 is 0 Å². The summed E-state index contributed by atoms with van der Waals surface area (Å²) in [6.07, 6.45) is 10.4. The van der Waals surface area contributed by atoms with Crippen molar-refractivity contribution in [3.8, 4) is 0 Å². The predicted molar refractivity (Wildman–Crippen MR) is 46.5 cm³/mol. The molecule has 2 atom stereocenters. The summed E-state index contributed by atoms with van der Waals surface area (Å²) in [6, 6.07) is 0. The molecule has 2 unspecified atom stereocenters. The second-order valence-electron chi connectivity index (χ2n) is 4.35. The third-order valence-corrected chi connectivity index (χ3v) is 3.37. The summed E-state index contributed by atoms with van der Waals surface area (Å²) in [5.74, 6) is 3.17. The molecule has 1 aromatic rings. The topological polar surface area (TPSA) is 17.8 Å². The monoisotopic (exact) mass is 162 g/mol. The Kier molecular flexibility index (Phi) is 1.31. The van der Waals surface area contributed by atoms with Crippen molar-refractivity contribution < 1.29 is 0 Å². The van der Waals surface area contributed by atoms with Crippen molar-refractivity contribution >= 4 is 0 Å². The molecule has 2 aliphatic carbocycles. The quantitative estimate of drug-likeness (QED) is 0.649. The molecule has 2 saturated carbocycles. The van der Waals surface area contributed by atoms with E-state index in [4.69, 9.17) is 0 Å². The average molecular weight is 162 g/mol. The van der Waals surface area contributed by atoms with E-state index in [9.17, 15) is 0 Å². The van der Waals surface area contributed by atoms with E-state index >= 15 is 0 Å². The molecule has 2 aliphatic rings. The van der Waals surface area contributed by atoms with Gasteiger partial charge in [0.05, 0.1) is 6.33 Å². The molecule has 1 aromatic heterocycles. The molecule has 0 spiro atoms. The second kappa shape index (κ2) is 2.35. The van der Waals surface area contributed by atoms with Crippen molar-refractivity contribution in [2.75, 3.05) is 0 Å². The van der Waals surface area contributed by atoms with Gasteiger partial charge in [-0.1, -0.05) is 0 Å². The molecule has 2 fully saturated rings. The van der Waals surface area contributed by atoms with Crippen molar-refractivity contribution in [1.29, 1.82) is 0 Å². The maximum absolute atomic E-state index is 4.06. The minimum Gasteiger partial charge on any atom is -0.337 e. The Morgan fingerprint density at radius 1 is 1.25 bits per heavy atom. The number of aromatic nitrogens is 2. The molecule has 12 heavy (non-hydrogen) atoms. The highest BCUT2D eigenvalue weighted by atomic mass is 15.0. The zero-order chi connectivity index (χ0) is 7.97. The molecule has 0 radical (unpaired) electrons. The SMILES string of the molecule is c1cn(CC2CC3CC3C2)cn1. The maximum atomic E-state index is 4.06. The summed E-state index contributed by atoms with van der Waals surface area (Å²) in [5, 5.41) is 0. The van der Waals surface area contributed by atoms with Crippen LogP contribution in [-0.4, -0.2) is 9.55 Å². The van der Waals surface area contributed by atoms with E-state index in [0.717, 1.165) is 17.8 Å². The first-order valence-corrected chi connectivity index (χ1v) is 4.87. The second-order valence-corrected chi connectivity index (χ2v) is 4.35. The molecular weight excluding hydrogens is 148 g/mol. The fourth-order valence-electron chi connectivity index (χ4n) is 2.68. The van der Waals surface area contributed by atoms with Gasteiger partial charge in [0.15, 0.2) is 0 Å². The van der Waals surface area contributed by atoms with Crippen molar-refractivity contribution in [3.05, 3.63) is 18.7 Å². The molecule has 0 amide bonds. The minimum absolute atomic E-state index is 0.947. The number of fused-ring (bicyclic) bond motifs is 1. The van der Waals surface area contributed by atoms with E-state index in [1.807, 2.05) is 12.5 Å². The van der Waals surface area contributed by atoms with Crippen LogP contribution in [0.3, 0.4) is 0 Å². The summed E-state index contributed by atoms with van der Waals surface area (Å²) in [6.45, 7) is 1.20. The number of hydrogen-bond donors (Lipinski definition) is 0. The van der Waals surface area contributed by atoms with Gasteiger partial charge in [-0.05, 0) is 37.0 Å². The highest BCUT2D eigenvalue weighted by Crippen LogP contribution is 2.54. The molecule has 0 aromatic carbocycles. The van der Waals surface area contributed by atoms with Crippen LogP contribution in [-0.2, 0) is 6.54 Å². The maximum Gasteiger partial charge on any atom is 0.0945 e. The van der Waals surface area contributed by atoms with Gasteiger partial charge < -0.3 is 4.57 Å². The summed E-state index contributed by atoms with van der Waals surface area (Å²) in [5.41, 5.74) is 0. The van der Waals surface area contributed by atoms with Gasteiger partial charge in [-0.15, -0.1) is 0 Å². The lowest BCUT2D eigenvalue weighted by atomic mass is 10.0. The Balaban J connectivity index is 1.62. The van der Waals surface area contributed by atoms with Crippen LogP contribution in [0.2, 0.25) is 0 Å². The fraction of sp³-hybridized carbons (Fsp3) is 0.700. The van der Waals surface area contributed by atoms with Crippen LogP contribution in [0, 0.1) is 17.8 Å². The Labute approximate surface area is 72.6 Å². The first-order valence-electron chi connectivity index (χ1n) is 4.87. The largest absolute Gasteiger partial charge is 0.337 e. The van der Waals surface area contributed by atoms with Gasteiger partial charge in [-0.25, -0.2) is 4.98 Å². The highest BCUT2D eigenvalue weighted by Gasteiger charge is 2.45. The minimum atomic E-state index is 0.947. The van der Waals surface area contributed by atoms with Gasteiger partial charge in [0.1, 0.15) is 0 Å². The van der Waals surface area contributed by atoms with E-state index in [0.29, 0.717) is 0 Å². The zero-order valence-electron chi connectivity index (χ0n) is 7.19. The van der Waals surface area contributed by atoms with Crippen molar-refractivity contribution in [1.82, 2.24) is 9.55 Å². The van der Waals surface area contributed by atoms with E-state index in [1.165, 1.54) is 25.8 Å². The predicted octanol–water partition coefficient (Wildman–Crippen LogP) is 1.93. The third kappa shape index (κ3) is 1.06. The van der Waals surface area contributed by atoms with Crippen LogP contribution in [0.5, 0.6) is 0 Å². The van der Waals surface area contributed by atoms with Crippen molar-refractivity contribution in [3.63, 3.8) is 0 Å². The van der Waals surface area contributed by atoms with Crippen LogP contribution in [0.4, 0.5) is 0 Å². The Bertz CT molecular complexity index is 255. The van der Waals surface area contributed by atoms with Crippen LogP contribution in [0.25, 0.3) is 0 Å². The molecule has 2 nitrogen and oxygen atoms in total. The smallest absolute Gasteiger partial charge is 0.0945 e. The normalized spacial score (nSPS) is 38.2. The van der Waals surface area contributed by atoms with Gasteiger partial charge in [0, 0.05) is 18.9 Å². The molecule has 0 N–H and O–H groups in total. The van der Waals surface area contributed by atoms with Crippen LogP contribution < -0.4 is 0 Å². The highest BCUT2D eigenvalue weighted by molar-refractivity contribution is 4.96. The van der Waals surface area contributed by atoms with Crippen LogP contribution in [0.15, 0.2) is 18.7 Å². The number of nitrogens with zero attached hydrogens (tertiary/aromatic N) is 2. The lowest BCUT2D eigenvalue weighted by Gasteiger charge is -2.11. The van der Waals surface area contributed by atoms with E-state index in [2.05, 4.69) is 15.7 Å². The Morgan fingerprint density at radius 2 is 2.08 bits per heavy atom. The van der Waals surface area contributed by atoms with Crippen molar-refractivity contribution in [2.24, 2.45) is 17.8 Å². The first kappa shape index (κ1) is 6.70. The van der Waals surface area contributed by atoms with E-state index in [-0.39, 0.29) is 0 Å². The number of rotatable bonds is 2. The zero-order valence-corrected chi connectivity index (χ0v) is 7.19. The summed E-state index contributed by atoms with van der Waals surface area (Å²) in [7, 11) is 0. The summed E-state index contributed by atoms with van der Waals surface area (Å²) >= 11 is 0. The molecule has 2 heteroatoms. The van der Waals surface area contributed by atoms with Gasteiger partial charge in [-0.3, -0.25) is 0 Å². The molecule has 0 bridgehead atoms. The lowest BCUT2D eigenvalue weighted by molar-refractivity contribution is 0.416. The van der Waals surface area contributed by atoms with Crippen molar-refractivity contribution in [2.45, 2.75) is 25.8 Å². The molecule has 3 rings (SSSR count). The van der Waals surface area contributed by atoms with Gasteiger partial charge in [0.25, 0.3) is 0 Å².